The van der Waals surface area contributed by atoms with Crippen molar-refractivity contribution in [2.75, 3.05) is 0 Å². The lowest BCUT2D eigenvalue weighted by Crippen LogP contribution is -2.16. The molecule has 2 rings (SSSR count). The molecule has 0 spiro atoms. The normalized spacial score (nSPS) is 13.5. The van der Waals surface area contributed by atoms with Crippen molar-refractivity contribution in [2.45, 2.75) is 144 Å². The summed E-state index contributed by atoms with van der Waals surface area (Å²) in [6, 6.07) is 12.2. The molecule has 0 bridgehead atoms. The van der Waals surface area contributed by atoms with Crippen LogP contribution in [0, 0.1) is 0 Å². The molecule has 2 aromatic carbocycles. The van der Waals surface area contributed by atoms with E-state index in [0.29, 0.717) is 24.2 Å². The molecule has 0 heterocycles. The van der Waals surface area contributed by atoms with E-state index in [0.717, 1.165) is 81.3 Å². The molecule has 3 unspecified atom stereocenters. The van der Waals surface area contributed by atoms with Gasteiger partial charge in [0.15, 0.2) is 5.78 Å². The minimum absolute atomic E-state index is 0.0533. The minimum Gasteiger partial charge on any atom is -0.491 e. The van der Waals surface area contributed by atoms with Crippen molar-refractivity contribution in [3.8, 4) is 17.2 Å². The molecule has 0 fully saturated rings. The summed E-state index contributed by atoms with van der Waals surface area (Å²) in [6.45, 7) is 15.0. The van der Waals surface area contributed by atoms with Crippen molar-refractivity contribution in [1.82, 2.24) is 0 Å². The lowest BCUT2D eigenvalue weighted by Gasteiger charge is -2.20. The van der Waals surface area contributed by atoms with Gasteiger partial charge in [-0.25, -0.2) is 0 Å². The number of benzene rings is 2. The average Bonchev–Trinajstić information content (AvgIpc) is 2.93. The van der Waals surface area contributed by atoms with Crippen LogP contribution in [-0.2, 0) is 12.8 Å². The topological polar surface area (TPSA) is 44.8 Å². The number of ketones is 1. The first-order chi connectivity index (χ1) is 18.8. The zero-order valence-corrected chi connectivity index (χ0v) is 25.8. The van der Waals surface area contributed by atoms with Crippen LogP contribution < -0.4 is 14.2 Å². The molecule has 0 aliphatic carbocycles. The highest BCUT2D eigenvalue weighted by molar-refractivity contribution is 5.99. The van der Waals surface area contributed by atoms with Crippen LogP contribution >= 0.6 is 0 Å². The molecule has 0 aromatic heterocycles. The molecule has 0 aliphatic rings. The predicted octanol–water partition coefficient (Wildman–Crippen LogP) is 9.94. The lowest BCUT2D eigenvalue weighted by molar-refractivity contribution is 0.0974. The van der Waals surface area contributed by atoms with Crippen LogP contribution in [0.4, 0.5) is 0 Å². The van der Waals surface area contributed by atoms with Gasteiger partial charge in [-0.05, 0) is 88.3 Å². The van der Waals surface area contributed by atoms with E-state index in [2.05, 4.69) is 66.7 Å². The first-order valence-electron chi connectivity index (χ1n) is 15.6. The Bertz CT molecular complexity index is 983. The van der Waals surface area contributed by atoms with Crippen LogP contribution in [0.1, 0.15) is 134 Å². The molecular formula is C35H54O4. The Morgan fingerprint density at radius 1 is 0.692 bits per heavy atom. The van der Waals surface area contributed by atoms with Crippen LogP contribution in [0.15, 0.2) is 36.4 Å². The summed E-state index contributed by atoms with van der Waals surface area (Å²) < 4.78 is 18.8. The van der Waals surface area contributed by atoms with Crippen LogP contribution in [0.2, 0.25) is 0 Å². The summed E-state index contributed by atoms with van der Waals surface area (Å²) in [5.41, 5.74) is 2.98. The maximum Gasteiger partial charge on any atom is 0.167 e. The summed E-state index contributed by atoms with van der Waals surface area (Å²) in [7, 11) is 0. The van der Waals surface area contributed by atoms with E-state index in [1.165, 1.54) is 5.56 Å². The van der Waals surface area contributed by atoms with Gasteiger partial charge in [-0.1, -0.05) is 78.4 Å². The van der Waals surface area contributed by atoms with E-state index in [1.54, 1.807) is 0 Å². The predicted molar refractivity (Wildman–Crippen MR) is 164 cm³/mol. The monoisotopic (exact) mass is 538 g/mol. The van der Waals surface area contributed by atoms with E-state index in [4.69, 9.17) is 14.2 Å². The summed E-state index contributed by atoms with van der Waals surface area (Å²) in [6.07, 6.45) is 12.1. The largest absolute Gasteiger partial charge is 0.491 e. The SMILES string of the molecule is CCCCC(C)Oc1ccc(OC(C)CCCC)c(C(=O)CCc2cc(CC)ccc2OC(C)CCCC)c1. The molecule has 3 atom stereocenters. The number of hydrogen-bond acceptors (Lipinski definition) is 4. The lowest BCUT2D eigenvalue weighted by atomic mass is 9.99. The number of hydrogen-bond donors (Lipinski definition) is 0. The van der Waals surface area contributed by atoms with E-state index < -0.39 is 0 Å². The Morgan fingerprint density at radius 2 is 1.23 bits per heavy atom. The van der Waals surface area contributed by atoms with Crippen molar-refractivity contribution in [3.05, 3.63) is 53.1 Å². The molecule has 39 heavy (non-hydrogen) atoms. The summed E-state index contributed by atoms with van der Waals surface area (Å²) in [5, 5.41) is 0. The summed E-state index contributed by atoms with van der Waals surface area (Å²) >= 11 is 0. The zero-order chi connectivity index (χ0) is 28.6. The number of rotatable bonds is 20. The van der Waals surface area contributed by atoms with Gasteiger partial charge in [0.25, 0.3) is 0 Å². The van der Waals surface area contributed by atoms with E-state index in [1.807, 2.05) is 18.2 Å². The number of aryl methyl sites for hydroxylation is 2. The molecule has 0 saturated heterocycles. The first-order valence-corrected chi connectivity index (χ1v) is 15.6. The van der Waals surface area contributed by atoms with Crippen LogP contribution in [-0.4, -0.2) is 24.1 Å². The second kappa shape index (κ2) is 18.0. The number of Topliss-reactive ketones (excluding diaryl/α,β-unsaturated/α-hetero) is 1. The fourth-order valence-electron chi connectivity index (χ4n) is 4.77. The Hall–Kier alpha value is -2.49. The van der Waals surface area contributed by atoms with Crippen LogP contribution in [0.5, 0.6) is 17.2 Å². The minimum atomic E-state index is 0.0533. The molecule has 0 N–H and O–H groups in total. The Balaban J connectivity index is 2.25. The standard InChI is InChI=1S/C35H54O4/c1-8-12-15-26(5)37-31-20-23-35(39-28(7)17-14-10-3)32(25-31)33(36)21-19-30-24-29(11-4)18-22-34(30)38-27(6)16-13-9-2/h18,20,22-28H,8-17,19,21H2,1-7H3. The maximum atomic E-state index is 13.7. The molecule has 0 amide bonds. The average molecular weight is 539 g/mol. The Morgan fingerprint density at radius 3 is 1.79 bits per heavy atom. The van der Waals surface area contributed by atoms with Crippen molar-refractivity contribution in [2.24, 2.45) is 0 Å². The van der Waals surface area contributed by atoms with Crippen LogP contribution in [0.3, 0.4) is 0 Å². The molecular weight excluding hydrogens is 484 g/mol. The first kappa shape index (κ1) is 32.7. The third kappa shape index (κ3) is 11.6. The molecule has 4 nitrogen and oxygen atoms in total. The van der Waals surface area contributed by atoms with Gasteiger partial charge in [-0.2, -0.15) is 0 Å². The number of unbranched alkanes of at least 4 members (excludes halogenated alkanes) is 3. The molecule has 4 heteroatoms. The second-order valence-corrected chi connectivity index (χ2v) is 11.1. The van der Waals surface area contributed by atoms with Gasteiger partial charge in [-0.15, -0.1) is 0 Å². The Kier molecular flexibility index (Phi) is 15.1. The van der Waals surface area contributed by atoms with E-state index in [9.17, 15) is 4.79 Å². The third-order valence-electron chi connectivity index (χ3n) is 7.29. The van der Waals surface area contributed by atoms with Gasteiger partial charge in [0.2, 0.25) is 0 Å². The molecule has 218 valence electrons. The quantitative estimate of drug-likeness (QED) is 0.157. The van der Waals surface area contributed by atoms with Gasteiger partial charge >= 0.3 is 0 Å². The van der Waals surface area contributed by atoms with Crippen molar-refractivity contribution in [1.29, 1.82) is 0 Å². The molecule has 0 aliphatic heterocycles. The number of carbonyl (C=O) groups excluding carboxylic acids is 1. The molecule has 0 radical (unpaired) electrons. The highest BCUT2D eigenvalue weighted by Gasteiger charge is 2.19. The van der Waals surface area contributed by atoms with Crippen molar-refractivity contribution in [3.63, 3.8) is 0 Å². The van der Waals surface area contributed by atoms with Gasteiger partial charge in [0.1, 0.15) is 17.2 Å². The Labute approximate surface area is 238 Å². The van der Waals surface area contributed by atoms with Gasteiger partial charge in [0, 0.05) is 6.42 Å². The van der Waals surface area contributed by atoms with Crippen molar-refractivity contribution < 1.29 is 19.0 Å². The fourth-order valence-corrected chi connectivity index (χ4v) is 4.77. The smallest absolute Gasteiger partial charge is 0.167 e. The van der Waals surface area contributed by atoms with Crippen molar-refractivity contribution >= 4 is 5.78 Å². The third-order valence-corrected chi connectivity index (χ3v) is 7.29. The van der Waals surface area contributed by atoms with Gasteiger partial charge in [0.05, 0.1) is 23.9 Å². The highest BCUT2D eigenvalue weighted by Crippen LogP contribution is 2.30. The zero-order valence-electron chi connectivity index (χ0n) is 25.8. The molecule has 2 aromatic rings. The summed E-state index contributed by atoms with van der Waals surface area (Å²) in [4.78, 5) is 13.7. The van der Waals surface area contributed by atoms with Crippen LogP contribution in [0.25, 0.3) is 0 Å². The fraction of sp³-hybridized carbons (Fsp3) is 0.629. The number of ether oxygens (including phenoxy) is 3. The van der Waals surface area contributed by atoms with Gasteiger partial charge < -0.3 is 14.2 Å². The number of carbonyl (C=O) groups is 1. The van der Waals surface area contributed by atoms with E-state index >= 15 is 0 Å². The highest BCUT2D eigenvalue weighted by atomic mass is 16.5. The van der Waals surface area contributed by atoms with E-state index in [-0.39, 0.29) is 24.1 Å². The molecule has 0 saturated carbocycles. The van der Waals surface area contributed by atoms with Gasteiger partial charge in [-0.3, -0.25) is 4.79 Å². The second-order valence-electron chi connectivity index (χ2n) is 11.1. The summed E-state index contributed by atoms with van der Waals surface area (Å²) in [5.74, 6) is 2.36. The maximum absolute atomic E-state index is 13.7.